The van der Waals surface area contributed by atoms with Crippen LogP contribution in [0.5, 0.6) is 0 Å². The third-order valence-electron chi connectivity index (χ3n) is 8.35. The lowest BCUT2D eigenvalue weighted by Crippen LogP contribution is -2.49. The molecule has 0 aliphatic rings. The molecule has 0 saturated carbocycles. The summed E-state index contributed by atoms with van der Waals surface area (Å²) in [6.07, 6.45) is -1.25. The topological polar surface area (TPSA) is 428 Å². The van der Waals surface area contributed by atoms with Gasteiger partial charge in [-0.05, 0) is 44.9 Å². The van der Waals surface area contributed by atoms with Crippen LogP contribution in [0.15, 0.2) is 24.3 Å². The molecule has 0 saturated heterocycles. The van der Waals surface area contributed by atoms with Gasteiger partial charge in [-0.15, -0.1) is 0 Å². The number of carboxylic acid groups (broad SMARTS) is 4. The molecule has 0 aromatic heterocycles. The minimum Gasteiger partial charge on any atom is -0.480 e. The van der Waals surface area contributed by atoms with Crippen molar-refractivity contribution in [3.63, 3.8) is 0 Å². The van der Waals surface area contributed by atoms with Gasteiger partial charge in [-0.3, -0.25) is 57.5 Å². The SMILES string of the molecule is CCOC(=O)C(CNC(=O)c1cccc(C(=O)NCC(SSCC(NC(=O)CCC(N)C(=O)O)C(=O)NCC(=O)O)C(=O)OCC)c1)SSCC(NC(=O)CCC(N)C(=O)O)C(=O)NCC(=O)O. The Balaban J connectivity index is 3.03. The molecule has 0 radical (unpaired) electrons. The first kappa shape index (κ1) is 60.2. The number of nitrogens with one attached hydrogen (secondary N) is 6. The summed E-state index contributed by atoms with van der Waals surface area (Å²) in [4.78, 5) is 147. The minimum absolute atomic E-state index is 0.0236. The number of aliphatic carboxylic acids is 4. The monoisotopic (exact) mass is 1040 g/mol. The molecule has 6 unspecified atom stereocenters. The van der Waals surface area contributed by atoms with Crippen molar-refractivity contribution in [2.24, 2.45) is 11.5 Å². The fourth-order valence-electron chi connectivity index (χ4n) is 4.83. The van der Waals surface area contributed by atoms with Gasteiger partial charge in [-0.2, -0.15) is 0 Å². The van der Waals surface area contributed by atoms with Crippen molar-refractivity contribution in [3.8, 4) is 0 Å². The van der Waals surface area contributed by atoms with Crippen molar-refractivity contribution in [1.82, 2.24) is 31.9 Å². The standard InChI is InChI=1S/C38H54N8O18S4/c1-3-63-37(61)25(67-65-17-23(33(55)43-15-29(49)50)45-27(47)10-8-21(39)35(57)58)13-41-31(53)19-6-5-7-20(12-19)32(54)42-14-26(38(62)64-4-2)68-66-18-24(34(56)44-16-30(51)52)46-28(48)11-9-22(40)36(59)60/h5-7,12,21-26H,3-4,8-11,13-18,39-40H2,1-2H3,(H,41,53)(H,42,54)(H,43,55)(H,44,56)(H,45,47)(H,46,48)(H,49,50)(H,51,52)(H,57,58)(H,59,60). The summed E-state index contributed by atoms with van der Waals surface area (Å²) >= 11 is 0. The van der Waals surface area contributed by atoms with Gasteiger partial charge in [0, 0.05) is 48.6 Å². The third kappa shape index (κ3) is 24.8. The van der Waals surface area contributed by atoms with Gasteiger partial charge in [0.15, 0.2) is 0 Å². The van der Waals surface area contributed by atoms with Crippen LogP contribution >= 0.6 is 43.2 Å². The highest BCUT2D eigenvalue weighted by atomic mass is 33.1. The van der Waals surface area contributed by atoms with Gasteiger partial charge >= 0.3 is 35.8 Å². The highest BCUT2D eigenvalue weighted by molar-refractivity contribution is 8.77. The van der Waals surface area contributed by atoms with Gasteiger partial charge < -0.3 is 73.3 Å². The summed E-state index contributed by atoms with van der Waals surface area (Å²) in [7, 11) is 3.52. The lowest BCUT2D eigenvalue weighted by Gasteiger charge is -2.20. The zero-order chi connectivity index (χ0) is 51.3. The van der Waals surface area contributed by atoms with Crippen LogP contribution in [-0.2, 0) is 57.4 Å². The molecular formula is C38H54N8O18S4. The largest absolute Gasteiger partial charge is 0.480 e. The second-order valence-electron chi connectivity index (χ2n) is 13.7. The minimum atomic E-state index is -1.37. The van der Waals surface area contributed by atoms with Crippen LogP contribution in [0.3, 0.4) is 0 Å². The predicted molar refractivity (Wildman–Crippen MR) is 247 cm³/mol. The molecule has 1 aromatic rings. The number of carboxylic acids is 4. The van der Waals surface area contributed by atoms with Gasteiger partial charge in [-0.25, -0.2) is 0 Å². The second-order valence-corrected chi connectivity index (χ2v) is 18.9. The Kier molecular flexibility index (Phi) is 29.0. The zero-order valence-electron chi connectivity index (χ0n) is 36.6. The Bertz CT molecular complexity index is 1840. The molecule has 6 atom stereocenters. The Morgan fingerprint density at radius 1 is 0.588 bits per heavy atom. The third-order valence-corrected chi connectivity index (χ3v) is 13.8. The van der Waals surface area contributed by atoms with E-state index < -0.39 is 119 Å². The van der Waals surface area contributed by atoms with Crippen molar-refractivity contribution < 1.29 is 87.4 Å². The maximum Gasteiger partial charge on any atom is 0.322 e. The Morgan fingerprint density at radius 2 is 0.956 bits per heavy atom. The summed E-state index contributed by atoms with van der Waals surface area (Å²) < 4.78 is 10.2. The molecule has 0 aliphatic carbocycles. The van der Waals surface area contributed by atoms with Crippen LogP contribution < -0.4 is 43.4 Å². The molecule has 1 rings (SSSR count). The first-order chi connectivity index (χ1) is 32.1. The molecule has 0 aliphatic heterocycles. The number of rotatable bonds is 34. The highest BCUT2D eigenvalue weighted by Gasteiger charge is 2.29. The number of ether oxygens (including phenoxy) is 2. The lowest BCUT2D eigenvalue weighted by molar-refractivity contribution is -0.143. The van der Waals surface area contributed by atoms with Gasteiger partial charge in [-0.1, -0.05) is 49.2 Å². The molecule has 30 heteroatoms. The van der Waals surface area contributed by atoms with E-state index in [0.717, 1.165) is 43.2 Å². The van der Waals surface area contributed by atoms with E-state index in [-0.39, 0.29) is 74.6 Å². The van der Waals surface area contributed by atoms with Gasteiger partial charge in [0.1, 0.15) is 47.8 Å². The van der Waals surface area contributed by atoms with Crippen LogP contribution in [0, 0.1) is 0 Å². The van der Waals surface area contributed by atoms with E-state index in [2.05, 4.69) is 31.9 Å². The molecule has 6 amide bonds. The first-order valence-electron chi connectivity index (χ1n) is 20.2. The fraction of sp³-hybridized carbons (Fsp3) is 0.526. The number of carbonyl (C=O) groups is 12. The van der Waals surface area contributed by atoms with Gasteiger partial charge in [0.25, 0.3) is 11.8 Å². The number of carbonyl (C=O) groups excluding carboxylic acids is 8. The maximum atomic E-state index is 13.3. The molecule has 0 heterocycles. The summed E-state index contributed by atoms with van der Waals surface area (Å²) in [6, 6.07) is -0.00500. The van der Waals surface area contributed by atoms with E-state index >= 15 is 0 Å². The Labute approximate surface area is 404 Å². The van der Waals surface area contributed by atoms with Crippen LogP contribution in [0.2, 0.25) is 0 Å². The average Bonchev–Trinajstić information content (AvgIpc) is 3.29. The summed E-state index contributed by atoms with van der Waals surface area (Å²) in [6.45, 7) is 0.804. The number of benzene rings is 1. The van der Waals surface area contributed by atoms with E-state index in [1.54, 1.807) is 13.8 Å². The Morgan fingerprint density at radius 3 is 1.28 bits per heavy atom. The normalized spacial score (nSPS) is 13.4. The molecule has 14 N–H and O–H groups in total. The first-order valence-corrected chi connectivity index (χ1v) is 25.0. The molecule has 0 fully saturated rings. The van der Waals surface area contributed by atoms with Crippen LogP contribution in [-0.4, -0.2) is 177 Å². The van der Waals surface area contributed by atoms with Crippen LogP contribution in [0.25, 0.3) is 0 Å². The van der Waals surface area contributed by atoms with Crippen molar-refractivity contribution in [3.05, 3.63) is 35.4 Å². The molecule has 378 valence electrons. The number of hydrogen-bond acceptors (Lipinski definition) is 20. The molecule has 0 bridgehead atoms. The maximum absolute atomic E-state index is 13.3. The van der Waals surface area contributed by atoms with E-state index in [9.17, 15) is 57.5 Å². The molecular weight excluding hydrogens is 985 g/mol. The summed E-state index contributed by atoms with van der Waals surface area (Å²) in [5.74, 6) is -12.1. The number of esters is 2. The second kappa shape index (κ2) is 32.8. The lowest BCUT2D eigenvalue weighted by atomic mass is 10.1. The molecule has 0 spiro atoms. The predicted octanol–water partition coefficient (Wildman–Crippen LogP) is -2.47. The van der Waals surface area contributed by atoms with Crippen molar-refractivity contribution in [2.45, 2.75) is 74.2 Å². The van der Waals surface area contributed by atoms with E-state index in [1.807, 2.05) is 0 Å². The highest BCUT2D eigenvalue weighted by Crippen LogP contribution is 2.29. The number of amides is 6. The molecule has 26 nitrogen and oxygen atoms in total. The van der Waals surface area contributed by atoms with Crippen LogP contribution in [0.1, 0.15) is 60.2 Å². The van der Waals surface area contributed by atoms with Crippen molar-refractivity contribution >= 4 is 114 Å². The van der Waals surface area contributed by atoms with Crippen molar-refractivity contribution in [2.75, 3.05) is 50.9 Å². The smallest absolute Gasteiger partial charge is 0.322 e. The van der Waals surface area contributed by atoms with E-state index in [4.69, 9.17) is 41.4 Å². The van der Waals surface area contributed by atoms with Gasteiger partial charge in [0.05, 0.1) is 13.2 Å². The van der Waals surface area contributed by atoms with Crippen LogP contribution in [0.4, 0.5) is 0 Å². The number of hydrogen-bond donors (Lipinski definition) is 12. The number of nitrogens with two attached hydrogens (primary N) is 2. The fourth-order valence-corrected chi connectivity index (χ4v) is 9.81. The Hall–Kier alpha value is -5.82. The summed E-state index contributed by atoms with van der Waals surface area (Å²) in [5.41, 5.74) is 10.8. The molecule has 68 heavy (non-hydrogen) atoms. The average molecular weight is 1040 g/mol. The van der Waals surface area contributed by atoms with E-state index in [1.165, 1.54) is 24.3 Å². The van der Waals surface area contributed by atoms with Gasteiger partial charge in [0.2, 0.25) is 23.6 Å². The molecule has 1 aromatic carbocycles. The quantitative estimate of drug-likeness (QED) is 0.0251. The van der Waals surface area contributed by atoms with Crippen molar-refractivity contribution in [1.29, 1.82) is 0 Å². The zero-order valence-corrected chi connectivity index (χ0v) is 39.8. The summed E-state index contributed by atoms with van der Waals surface area (Å²) in [5, 5.41) is 47.9. The van der Waals surface area contributed by atoms with E-state index in [0.29, 0.717) is 0 Å².